The standard InChI is InChI=1S/C14H16BrN3OS2/c1-9-6-16-2-3-18(9)13(19)5-11-8-21-14(17-11)12-4-10(15)7-20-12/h4,7-9,16H,2-3,5-6H2,1H3/t9-/m0/s1. The Balaban J connectivity index is 1.68. The van der Waals surface area contributed by atoms with E-state index in [1.165, 1.54) is 0 Å². The summed E-state index contributed by atoms with van der Waals surface area (Å²) in [6.07, 6.45) is 0.396. The van der Waals surface area contributed by atoms with Gasteiger partial charge in [0.25, 0.3) is 0 Å². The van der Waals surface area contributed by atoms with Crippen molar-refractivity contribution < 1.29 is 4.79 Å². The lowest BCUT2D eigenvalue weighted by Crippen LogP contribution is -2.52. The third-order valence-electron chi connectivity index (χ3n) is 3.48. The van der Waals surface area contributed by atoms with Crippen LogP contribution in [0.15, 0.2) is 21.3 Å². The van der Waals surface area contributed by atoms with Crippen LogP contribution in [0.3, 0.4) is 0 Å². The van der Waals surface area contributed by atoms with Crippen LogP contribution in [0.2, 0.25) is 0 Å². The molecule has 1 atom stereocenters. The Bertz CT molecular complexity index is 640. The van der Waals surface area contributed by atoms with Gasteiger partial charge in [0.05, 0.1) is 17.0 Å². The molecule has 0 saturated carbocycles. The van der Waals surface area contributed by atoms with E-state index in [1.54, 1.807) is 22.7 Å². The van der Waals surface area contributed by atoms with Crippen molar-refractivity contribution in [3.8, 4) is 9.88 Å². The number of rotatable bonds is 3. The molecule has 1 fully saturated rings. The largest absolute Gasteiger partial charge is 0.337 e. The van der Waals surface area contributed by atoms with Crippen molar-refractivity contribution in [2.75, 3.05) is 19.6 Å². The number of piperazine rings is 1. The van der Waals surface area contributed by atoms with Crippen LogP contribution in [0, 0.1) is 0 Å². The first kappa shape index (κ1) is 15.1. The molecule has 1 aliphatic heterocycles. The number of carbonyl (C=O) groups is 1. The van der Waals surface area contributed by atoms with Gasteiger partial charge in [-0.25, -0.2) is 4.98 Å². The minimum absolute atomic E-state index is 0.174. The van der Waals surface area contributed by atoms with Crippen molar-refractivity contribution in [1.82, 2.24) is 15.2 Å². The van der Waals surface area contributed by atoms with E-state index in [4.69, 9.17) is 0 Å². The average molecular weight is 386 g/mol. The zero-order valence-corrected chi connectivity index (χ0v) is 14.9. The highest BCUT2D eigenvalue weighted by Gasteiger charge is 2.23. The van der Waals surface area contributed by atoms with Crippen LogP contribution in [-0.4, -0.2) is 41.5 Å². The Morgan fingerprint density at radius 1 is 1.52 bits per heavy atom. The molecule has 21 heavy (non-hydrogen) atoms. The molecular formula is C14H16BrN3OS2. The van der Waals surface area contributed by atoms with Gasteiger partial charge in [0, 0.05) is 40.9 Å². The Kier molecular flexibility index (Phi) is 4.73. The van der Waals surface area contributed by atoms with Crippen LogP contribution in [0.25, 0.3) is 9.88 Å². The zero-order chi connectivity index (χ0) is 14.8. The van der Waals surface area contributed by atoms with Crippen LogP contribution in [-0.2, 0) is 11.2 Å². The summed E-state index contributed by atoms with van der Waals surface area (Å²) >= 11 is 6.72. The second-order valence-electron chi connectivity index (χ2n) is 5.09. The van der Waals surface area contributed by atoms with Gasteiger partial charge in [-0.3, -0.25) is 4.79 Å². The molecule has 1 N–H and O–H groups in total. The number of amides is 1. The van der Waals surface area contributed by atoms with Crippen LogP contribution >= 0.6 is 38.6 Å². The van der Waals surface area contributed by atoms with E-state index in [9.17, 15) is 4.79 Å². The van der Waals surface area contributed by atoms with E-state index >= 15 is 0 Å². The molecule has 3 rings (SSSR count). The molecule has 0 aromatic carbocycles. The molecule has 0 spiro atoms. The van der Waals surface area contributed by atoms with E-state index in [2.05, 4.69) is 39.2 Å². The summed E-state index contributed by atoms with van der Waals surface area (Å²) in [4.78, 5) is 20.1. The first-order chi connectivity index (χ1) is 10.1. The predicted molar refractivity (Wildman–Crippen MR) is 90.9 cm³/mol. The number of hydrogen-bond acceptors (Lipinski definition) is 5. The average Bonchev–Trinajstić information content (AvgIpc) is 3.08. The van der Waals surface area contributed by atoms with Crippen molar-refractivity contribution in [2.24, 2.45) is 0 Å². The number of thiazole rings is 1. The molecule has 4 nitrogen and oxygen atoms in total. The lowest BCUT2D eigenvalue weighted by molar-refractivity contribution is -0.133. The van der Waals surface area contributed by atoms with Crippen LogP contribution in [0.4, 0.5) is 0 Å². The van der Waals surface area contributed by atoms with E-state index in [0.29, 0.717) is 6.42 Å². The summed E-state index contributed by atoms with van der Waals surface area (Å²) in [6, 6.07) is 2.32. The molecule has 112 valence electrons. The van der Waals surface area contributed by atoms with Gasteiger partial charge in [-0.1, -0.05) is 0 Å². The smallest absolute Gasteiger partial charge is 0.228 e. The zero-order valence-electron chi connectivity index (χ0n) is 11.6. The first-order valence-electron chi connectivity index (χ1n) is 6.82. The van der Waals surface area contributed by atoms with Crippen molar-refractivity contribution in [3.05, 3.63) is 27.0 Å². The van der Waals surface area contributed by atoms with Gasteiger partial charge in [0.1, 0.15) is 5.01 Å². The molecule has 0 radical (unpaired) electrons. The second kappa shape index (κ2) is 6.56. The molecule has 3 heterocycles. The third-order valence-corrected chi connectivity index (χ3v) is 6.24. The van der Waals surface area contributed by atoms with Gasteiger partial charge >= 0.3 is 0 Å². The number of hydrogen-bond donors (Lipinski definition) is 1. The summed E-state index contributed by atoms with van der Waals surface area (Å²) in [7, 11) is 0. The van der Waals surface area contributed by atoms with E-state index in [0.717, 1.165) is 39.7 Å². The molecule has 0 aliphatic carbocycles. The summed E-state index contributed by atoms with van der Waals surface area (Å²) in [5.74, 6) is 0.174. The van der Waals surface area contributed by atoms with Crippen molar-refractivity contribution in [3.63, 3.8) is 0 Å². The van der Waals surface area contributed by atoms with Gasteiger partial charge in [-0.05, 0) is 28.9 Å². The minimum atomic E-state index is 0.174. The Morgan fingerprint density at radius 2 is 2.38 bits per heavy atom. The molecule has 0 unspecified atom stereocenters. The summed E-state index contributed by atoms with van der Waals surface area (Å²) < 4.78 is 1.07. The monoisotopic (exact) mass is 385 g/mol. The Hall–Kier alpha value is -0.760. The highest BCUT2D eigenvalue weighted by Crippen LogP contribution is 2.32. The molecular weight excluding hydrogens is 370 g/mol. The van der Waals surface area contributed by atoms with Crippen molar-refractivity contribution in [1.29, 1.82) is 0 Å². The molecule has 1 saturated heterocycles. The summed E-state index contributed by atoms with van der Waals surface area (Å²) in [6.45, 7) is 4.62. The number of aromatic nitrogens is 1. The maximum absolute atomic E-state index is 12.4. The highest BCUT2D eigenvalue weighted by atomic mass is 79.9. The highest BCUT2D eigenvalue weighted by molar-refractivity contribution is 9.10. The molecule has 7 heteroatoms. The van der Waals surface area contributed by atoms with Crippen LogP contribution in [0.1, 0.15) is 12.6 Å². The van der Waals surface area contributed by atoms with Crippen LogP contribution in [0.5, 0.6) is 0 Å². The Labute approximate surface area is 140 Å². The third kappa shape index (κ3) is 3.53. The van der Waals surface area contributed by atoms with Gasteiger partial charge in [-0.2, -0.15) is 0 Å². The van der Waals surface area contributed by atoms with Gasteiger partial charge in [0.15, 0.2) is 0 Å². The molecule has 1 amide bonds. The fourth-order valence-corrected chi connectivity index (χ4v) is 4.72. The van der Waals surface area contributed by atoms with E-state index in [1.807, 2.05) is 15.7 Å². The second-order valence-corrected chi connectivity index (χ2v) is 7.78. The van der Waals surface area contributed by atoms with E-state index in [-0.39, 0.29) is 11.9 Å². The fourth-order valence-electron chi connectivity index (χ4n) is 2.39. The SMILES string of the molecule is C[C@H]1CNCCN1C(=O)Cc1csc(-c2cc(Br)cs2)n1. The first-order valence-corrected chi connectivity index (χ1v) is 9.37. The summed E-state index contributed by atoms with van der Waals surface area (Å²) in [5, 5.41) is 8.33. The maximum Gasteiger partial charge on any atom is 0.228 e. The van der Waals surface area contributed by atoms with Crippen molar-refractivity contribution >= 4 is 44.5 Å². The fraction of sp³-hybridized carbons (Fsp3) is 0.429. The lowest BCUT2D eigenvalue weighted by atomic mass is 10.2. The quantitative estimate of drug-likeness (QED) is 0.882. The number of nitrogens with zero attached hydrogens (tertiary/aromatic N) is 2. The topological polar surface area (TPSA) is 45.2 Å². The minimum Gasteiger partial charge on any atom is -0.337 e. The summed E-state index contributed by atoms with van der Waals surface area (Å²) in [5.41, 5.74) is 0.871. The maximum atomic E-state index is 12.4. The van der Waals surface area contributed by atoms with Gasteiger partial charge in [0.2, 0.25) is 5.91 Å². The number of nitrogens with one attached hydrogen (secondary N) is 1. The lowest BCUT2D eigenvalue weighted by Gasteiger charge is -2.33. The molecule has 1 aliphatic rings. The molecule has 2 aromatic heterocycles. The van der Waals surface area contributed by atoms with Crippen molar-refractivity contribution in [2.45, 2.75) is 19.4 Å². The predicted octanol–water partition coefficient (Wildman–Crippen LogP) is 3.00. The molecule has 0 bridgehead atoms. The number of thiophene rings is 1. The Morgan fingerprint density at radius 3 is 3.10 bits per heavy atom. The molecule has 2 aromatic rings. The van der Waals surface area contributed by atoms with Gasteiger partial charge < -0.3 is 10.2 Å². The number of carbonyl (C=O) groups excluding carboxylic acids is 1. The number of halogens is 1. The normalized spacial score (nSPS) is 19.0. The van der Waals surface area contributed by atoms with Crippen LogP contribution < -0.4 is 5.32 Å². The van der Waals surface area contributed by atoms with E-state index < -0.39 is 0 Å². The van der Waals surface area contributed by atoms with Gasteiger partial charge in [-0.15, -0.1) is 22.7 Å².